The lowest BCUT2D eigenvalue weighted by atomic mass is 9.92. The Morgan fingerprint density at radius 2 is 1.95 bits per heavy atom. The van der Waals surface area contributed by atoms with Crippen molar-refractivity contribution < 1.29 is 9.53 Å². The highest BCUT2D eigenvalue weighted by Crippen LogP contribution is 2.33. The molecule has 0 aromatic heterocycles. The summed E-state index contributed by atoms with van der Waals surface area (Å²) in [6, 6.07) is 8.48. The maximum Gasteiger partial charge on any atom is 0.410 e. The van der Waals surface area contributed by atoms with Gasteiger partial charge in [0.2, 0.25) is 0 Å². The second-order valence-corrected chi connectivity index (χ2v) is 6.54. The quantitative estimate of drug-likeness (QED) is 0.757. The van der Waals surface area contributed by atoms with Crippen LogP contribution in [0.2, 0.25) is 0 Å². The maximum absolute atomic E-state index is 12.4. The van der Waals surface area contributed by atoms with E-state index in [4.69, 9.17) is 4.74 Å². The molecule has 1 aromatic carbocycles. The minimum atomic E-state index is -0.440. The normalized spacial score (nSPS) is 19.8. The molecule has 0 radical (unpaired) electrons. The number of amides is 1. The first-order valence-electron chi connectivity index (χ1n) is 7.43. The Morgan fingerprint density at radius 3 is 2.60 bits per heavy atom. The summed E-state index contributed by atoms with van der Waals surface area (Å²) < 4.78 is 5.56. The number of nitrogens with zero attached hydrogens (tertiary/aromatic N) is 1. The molecule has 20 heavy (non-hydrogen) atoms. The molecule has 0 aliphatic carbocycles. The molecule has 1 saturated heterocycles. The second kappa shape index (κ2) is 5.86. The molecule has 1 atom stereocenters. The number of piperidine rings is 1. The van der Waals surface area contributed by atoms with Crippen molar-refractivity contribution in [3.8, 4) is 0 Å². The van der Waals surface area contributed by atoms with Gasteiger partial charge >= 0.3 is 6.09 Å². The number of hydrogen-bond donors (Lipinski definition) is 0. The summed E-state index contributed by atoms with van der Waals surface area (Å²) in [5.41, 5.74) is 2.05. The average molecular weight is 275 g/mol. The van der Waals surface area contributed by atoms with Gasteiger partial charge in [-0.15, -0.1) is 0 Å². The minimum Gasteiger partial charge on any atom is -0.444 e. The molecule has 1 amide bonds. The van der Waals surface area contributed by atoms with E-state index in [2.05, 4.69) is 19.1 Å². The predicted octanol–water partition coefficient (Wildman–Crippen LogP) is 4.46. The third kappa shape index (κ3) is 3.53. The fourth-order valence-corrected chi connectivity index (χ4v) is 2.75. The molecular formula is C17H25NO2. The zero-order chi connectivity index (χ0) is 14.8. The van der Waals surface area contributed by atoms with E-state index < -0.39 is 5.60 Å². The Morgan fingerprint density at radius 1 is 1.25 bits per heavy atom. The fraction of sp³-hybridized carbons (Fsp3) is 0.588. The molecule has 1 fully saturated rings. The molecule has 1 unspecified atom stereocenters. The lowest BCUT2D eigenvalue weighted by Crippen LogP contribution is -2.42. The van der Waals surface area contributed by atoms with Crippen LogP contribution < -0.4 is 0 Å². The number of rotatable bonds is 1. The van der Waals surface area contributed by atoms with Gasteiger partial charge in [-0.2, -0.15) is 0 Å². The Labute approximate surface area is 121 Å². The summed E-state index contributed by atoms with van der Waals surface area (Å²) in [4.78, 5) is 14.3. The van der Waals surface area contributed by atoms with Gasteiger partial charge in [-0.05, 0) is 58.1 Å². The van der Waals surface area contributed by atoms with Crippen LogP contribution in [0.3, 0.4) is 0 Å². The molecule has 0 saturated carbocycles. The number of likely N-dealkylation sites (tertiary alicyclic amines) is 1. The van der Waals surface area contributed by atoms with Crippen molar-refractivity contribution in [1.82, 2.24) is 4.90 Å². The first kappa shape index (κ1) is 14.9. The number of carbonyl (C=O) groups is 1. The van der Waals surface area contributed by atoms with Gasteiger partial charge in [0.05, 0.1) is 6.04 Å². The summed E-state index contributed by atoms with van der Waals surface area (Å²) in [5.74, 6) is 0. The van der Waals surface area contributed by atoms with Crippen LogP contribution in [0.4, 0.5) is 4.79 Å². The summed E-state index contributed by atoms with van der Waals surface area (Å²) in [5, 5.41) is 0. The van der Waals surface area contributed by atoms with E-state index >= 15 is 0 Å². The van der Waals surface area contributed by atoms with Crippen LogP contribution in [0.5, 0.6) is 0 Å². The number of aryl methyl sites for hydroxylation is 1. The second-order valence-electron chi connectivity index (χ2n) is 6.54. The van der Waals surface area contributed by atoms with E-state index in [1.807, 2.05) is 37.8 Å². The highest BCUT2D eigenvalue weighted by Gasteiger charge is 2.31. The third-order valence-corrected chi connectivity index (χ3v) is 3.68. The third-order valence-electron chi connectivity index (χ3n) is 3.68. The number of benzene rings is 1. The van der Waals surface area contributed by atoms with Crippen molar-refractivity contribution in [2.24, 2.45) is 0 Å². The SMILES string of the molecule is Cc1ccccc1C1CCCCN1C(=O)OC(C)(C)C. The number of ether oxygens (including phenoxy) is 1. The van der Waals surface area contributed by atoms with Gasteiger partial charge in [-0.25, -0.2) is 4.79 Å². The molecule has 3 nitrogen and oxygen atoms in total. The fourth-order valence-electron chi connectivity index (χ4n) is 2.75. The predicted molar refractivity (Wildman–Crippen MR) is 80.7 cm³/mol. The zero-order valence-electron chi connectivity index (χ0n) is 13.0. The van der Waals surface area contributed by atoms with Crippen LogP contribution in [0, 0.1) is 6.92 Å². The standard InChI is InChI=1S/C17H25NO2/c1-13-9-5-6-10-14(13)15-11-7-8-12-18(15)16(19)20-17(2,3)4/h5-6,9-10,15H,7-8,11-12H2,1-4H3. The summed E-state index contributed by atoms with van der Waals surface area (Å²) in [6.07, 6.45) is 3.05. The molecule has 110 valence electrons. The molecule has 0 bridgehead atoms. The van der Waals surface area contributed by atoms with Gasteiger partial charge in [0.15, 0.2) is 0 Å². The van der Waals surface area contributed by atoms with Crippen molar-refractivity contribution >= 4 is 6.09 Å². The van der Waals surface area contributed by atoms with Crippen LogP contribution in [0.1, 0.15) is 57.2 Å². The molecule has 0 spiro atoms. The average Bonchev–Trinajstić information content (AvgIpc) is 2.37. The van der Waals surface area contributed by atoms with Crippen molar-refractivity contribution in [3.63, 3.8) is 0 Å². The van der Waals surface area contributed by atoms with Crippen molar-refractivity contribution in [1.29, 1.82) is 0 Å². The molecule has 2 rings (SSSR count). The van der Waals surface area contributed by atoms with Crippen LogP contribution in [0.15, 0.2) is 24.3 Å². The highest BCUT2D eigenvalue weighted by molar-refractivity contribution is 5.69. The van der Waals surface area contributed by atoms with Gasteiger partial charge in [0.25, 0.3) is 0 Å². The Balaban J connectivity index is 2.22. The van der Waals surface area contributed by atoms with Crippen LogP contribution >= 0.6 is 0 Å². The van der Waals surface area contributed by atoms with Crippen molar-refractivity contribution in [2.75, 3.05) is 6.54 Å². The molecule has 0 N–H and O–H groups in total. The van der Waals surface area contributed by atoms with Gasteiger partial charge < -0.3 is 9.64 Å². The number of hydrogen-bond acceptors (Lipinski definition) is 2. The van der Waals surface area contributed by atoms with E-state index in [0.29, 0.717) is 0 Å². The van der Waals surface area contributed by atoms with Crippen LogP contribution in [-0.2, 0) is 4.74 Å². The van der Waals surface area contributed by atoms with Gasteiger partial charge in [0, 0.05) is 6.54 Å². The van der Waals surface area contributed by atoms with Gasteiger partial charge in [-0.1, -0.05) is 24.3 Å². The molecule has 1 aliphatic heterocycles. The van der Waals surface area contributed by atoms with Crippen molar-refractivity contribution in [2.45, 2.75) is 58.6 Å². The topological polar surface area (TPSA) is 29.5 Å². The number of carbonyl (C=O) groups excluding carboxylic acids is 1. The maximum atomic E-state index is 12.4. The van der Waals surface area contributed by atoms with E-state index in [1.165, 1.54) is 11.1 Å². The molecule has 1 aliphatic rings. The minimum absolute atomic E-state index is 0.153. The summed E-state index contributed by atoms with van der Waals surface area (Å²) in [6.45, 7) is 8.64. The smallest absolute Gasteiger partial charge is 0.410 e. The Bertz CT molecular complexity index is 476. The first-order chi connectivity index (χ1) is 9.38. The summed E-state index contributed by atoms with van der Waals surface area (Å²) in [7, 11) is 0. The lowest BCUT2D eigenvalue weighted by Gasteiger charge is -2.37. The molecule has 3 heteroatoms. The van der Waals surface area contributed by atoms with E-state index in [-0.39, 0.29) is 12.1 Å². The van der Waals surface area contributed by atoms with Crippen LogP contribution in [0.25, 0.3) is 0 Å². The van der Waals surface area contributed by atoms with Crippen LogP contribution in [-0.4, -0.2) is 23.1 Å². The highest BCUT2D eigenvalue weighted by atomic mass is 16.6. The largest absolute Gasteiger partial charge is 0.444 e. The van der Waals surface area contributed by atoms with E-state index in [1.54, 1.807) is 0 Å². The van der Waals surface area contributed by atoms with E-state index in [9.17, 15) is 4.79 Å². The van der Waals surface area contributed by atoms with Gasteiger partial charge in [0.1, 0.15) is 5.60 Å². The van der Waals surface area contributed by atoms with Crippen molar-refractivity contribution in [3.05, 3.63) is 35.4 Å². The monoisotopic (exact) mass is 275 g/mol. The lowest BCUT2D eigenvalue weighted by molar-refractivity contribution is 0.00946. The molecule has 1 aromatic rings. The van der Waals surface area contributed by atoms with E-state index in [0.717, 1.165) is 25.8 Å². The summed E-state index contributed by atoms with van der Waals surface area (Å²) >= 11 is 0. The zero-order valence-corrected chi connectivity index (χ0v) is 13.0. The Hall–Kier alpha value is -1.51. The Kier molecular flexibility index (Phi) is 4.36. The first-order valence-corrected chi connectivity index (χ1v) is 7.43. The molecule has 1 heterocycles. The molecular weight excluding hydrogens is 250 g/mol. The van der Waals surface area contributed by atoms with Gasteiger partial charge in [-0.3, -0.25) is 0 Å².